The zero-order valence-electron chi connectivity index (χ0n) is 18.0. The minimum atomic E-state index is -3.80. The second kappa shape index (κ2) is 11.5. The molecule has 172 valence electrons. The fourth-order valence-electron chi connectivity index (χ4n) is 3.40. The molecule has 0 aromatic heterocycles. The van der Waals surface area contributed by atoms with Crippen molar-refractivity contribution in [3.63, 3.8) is 0 Å². The highest BCUT2D eigenvalue weighted by molar-refractivity contribution is 7.99. The van der Waals surface area contributed by atoms with Crippen LogP contribution in [0.1, 0.15) is 24.8 Å². The first-order valence-corrected chi connectivity index (χ1v) is 13.0. The lowest BCUT2D eigenvalue weighted by molar-refractivity contribution is -0.151. The van der Waals surface area contributed by atoms with Gasteiger partial charge in [-0.2, -0.15) is 4.31 Å². The largest absolute Gasteiger partial charge is 0.454 e. The molecule has 0 unspecified atom stereocenters. The topological polar surface area (TPSA) is 92.8 Å². The van der Waals surface area contributed by atoms with E-state index in [4.69, 9.17) is 4.74 Å². The molecule has 1 amide bonds. The molecule has 32 heavy (non-hydrogen) atoms. The van der Waals surface area contributed by atoms with Gasteiger partial charge in [0.2, 0.25) is 10.0 Å². The lowest BCUT2D eigenvalue weighted by atomic mass is 10.2. The summed E-state index contributed by atoms with van der Waals surface area (Å²) in [6, 6.07) is 15.6. The van der Waals surface area contributed by atoms with Gasteiger partial charge in [-0.05, 0) is 56.2 Å². The maximum absolute atomic E-state index is 12.9. The summed E-state index contributed by atoms with van der Waals surface area (Å²) < 4.78 is 32.2. The maximum Gasteiger partial charge on any atom is 0.324 e. The Morgan fingerprint density at radius 3 is 2.56 bits per heavy atom. The summed E-state index contributed by atoms with van der Waals surface area (Å²) in [7, 11) is -3.80. The number of sulfonamides is 1. The number of carbonyl (C=O) groups is 2. The Hall–Kier alpha value is -2.36. The van der Waals surface area contributed by atoms with Crippen molar-refractivity contribution in [3.8, 4) is 0 Å². The molecule has 0 saturated carbocycles. The van der Waals surface area contributed by atoms with Gasteiger partial charge in [-0.15, -0.1) is 11.8 Å². The van der Waals surface area contributed by atoms with Gasteiger partial charge in [0.1, 0.15) is 6.04 Å². The highest BCUT2D eigenvalue weighted by atomic mass is 32.2. The van der Waals surface area contributed by atoms with Crippen LogP contribution in [0.25, 0.3) is 0 Å². The first-order valence-electron chi connectivity index (χ1n) is 10.6. The lowest BCUT2D eigenvalue weighted by Gasteiger charge is -2.22. The van der Waals surface area contributed by atoms with Gasteiger partial charge in [0.05, 0.1) is 4.90 Å². The fourth-order valence-corrected chi connectivity index (χ4v) is 5.92. The van der Waals surface area contributed by atoms with E-state index in [0.717, 1.165) is 17.7 Å². The summed E-state index contributed by atoms with van der Waals surface area (Å²) >= 11 is 1.71. The number of amides is 1. The molecule has 1 fully saturated rings. The van der Waals surface area contributed by atoms with Crippen LogP contribution in [-0.2, 0) is 24.3 Å². The zero-order chi connectivity index (χ0) is 23.0. The summed E-state index contributed by atoms with van der Waals surface area (Å²) in [6.45, 7) is 2.19. The summed E-state index contributed by atoms with van der Waals surface area (Å²) in [4.78, 5) is 25.8. The number of esters is 1. The molecule has 2 aromatic carbocycles. The number of thioether (sulfide) groups is 1. The molecular weight excluding hydrogens is 448 g/mol. The Kier molecular flexibility index (Phi) is 8.72. The minimum Gasteiger partial charge on any atom is -0.454 e. The molecule has 0 bridgehead atoms. The maximum atomic E-state index is 12.9. The molecule has 1 N–H and O–H groups in total. The smallest absolute Gasteiger partial charge is 0.324 e. The van der Waals surface area contributed by atoms with E-state index in [1.807, 2.05) is 37.3 Å². The quantitative estimate of drug-likeness (QED) is 0.322. The minimum absolute atomic E-state index is 0.147. The average Bonchev–Trinajstić information content (AvgIpc) is 3.29. The highest BCUT2D eigenvalue weighted by Gasteiger charge is 2.40. The van der Waals surface area contributed by atoms with Crippen molar-refractivity contribution in [2.24, 2.45) is 0 Å². The standard InChI is InChI=1S/C23H28N2O5S2/c1-18-10-12-20(13-11-18)32(28,29)25-15-5-9-21(25)23(27)30-17-22(26)24-14-6-16-31-19-7-3-2-4-8-19/h2-4,7-8,10-13,21H,5-6,9,14-17H2,1H3,(H,24,26)/t21-/m0/s1. The number of nitrogens with one attached hydrogen (secondary N) is 1. The Labute approximate surface area is 193 Å². The van der Waals surface area contributed by atoms with E-state index < -0.39 is 34.5 Å². The van der Waals surface area contributed by atoms with Gasteiger partial charge >= 0.3 is 5.97 Å². The molecule has 1 aliphatic rings. The van der Waals surface area contributed by atoms with E-state index >= 15 is 0 Å². The predicted molar refractivity (Wildman–Crippen MR) is 124 cm³/mol. The van der Waals surface area contributed by atoms with Crippen molar-refractivity contribution in [2.75, 3.05) is 25.4 Å². The summed E-state index contributed by atoms with van der Waals surface area (Å²) in [5.41, 5.74) is 0.950. The third kappa shape index (κ3) is 6.57. The van der Waals surface area contributed by atoms with Crippen LogP contribution in [0.15, 0.2) is 64.4 Å². The van der Waals surface area contributed by atoms with E-state index in [0.29, 0.717) is 19.4 Å². The number of rotatable bonds is 10. The van der Waals surface area contributed by atoms with Crippen molar-refractivity contribution < 1.29 is 22.7 Å². The van der Waals surface area contributed by atoms with Crippen molar-refractivity contribution in [1.29, 1.82) is 0 Å². The number of aryl methyl sites for hydroxylation is 1. The SMILES string of the molecule is Cc1ccc(S(=O)(=O)N2CCC[C@H]2C(=O)OCC(=O)NCCCSc2ccccc2)cc1. The van der Waals surface area contributed by atoms with Crippen LogP contribution in [0.2, 0.25) is 0 Å². The Morgan fingerprint density at radius 2 is 1.84 bits per heavy atom. The van der Waals surface area contributed by atoms with Crippen LogP contribution in [0.5, 0.6) is 0 Å². The molecule has 0 radical (unpaired) electrons. The number of hydrogen-bond donors (Lipinski definition) is 1. The van der Waals surface area contributed by atoms with Crippen LogP contribution in [-0.4, -0.2) is 56.1 Å². The first-order chi connectivity index (χ1) is 15.4. The van der Waals surface area contributed by atoms with E-state index in [1.54, 1.807) is 23.9 Å². The van der Waals surface area contributed by atoms with Crippen LogP contribution in [0.4, 0.5) is 0 Å². The molecule has 1 aliphatic heterocycles. The van der Waals surface area contributed by atoms with Crippen LogP contribution >= 0.6 is 11.8 Å². The normalized spacial score (nSPS) is 16.6. The number of benzene rings is 2. The van der Waals surface area contributed by atoms with Gasteiger partial charge in [-0.25, -0.2) is 8.42 Å². The van der Waals surface area contributed by atoms with Crippen LogP contribution < -0.4 is 5.32 Å². The first kappa shape index (κ1) is 24.3. The van der Waals surface area contributed by atoms with Crippen LogP contribution in [0, 0.1) is 6.92 Å². The van der Waals surface area contributed by atoms with Crippen molar-refractivity contribution in [1.82, 2.24) is 9.62 Å². The van der Waals surface area contributed by atoms with Gasteiger partial charge in [0.15, 0.2) is 6.61 Å². The van der Waals surface area contributed by atoms with Crippen molar-refractivity contribution in [3.05, 3.63) is 60.2 Å². The number of nitrogens with zero attached hydrogens (tertiary/aromatic N) is 1. The summed E-state index contributed by atoms with van der Waals surface area (Å²) in [5, 5.41) is 2.73. The number of carbonyl (C=O) groups excluding carboxylic acids is 2. The molecule has 1 heterocycles. The summed E-state index contributed by atoms with van der Waals surface area (Å²) in [5.74, 6) is -0.222. The molecule has 0 aliphatic carbocycles. The molecule has 1 atom stereocenters. The Morgan fingerprint density at radius 1 is 1.12 bits per heavy atom. The average molecular weight is 477 g/mol. The number of hydrogen-bond acceptors (Lipinski definition) is 6. The molecule has 7 nitrogen and oxygen atoms in total. The molecule has 2 aromatic rings. The number of ether oxygens (including phenoxy) is 1. The van der Waals surface area contributed by atoms with Crippen molar-refractivity contribution >= 4 is 33.7 Å². The van der Waals surface area contributed by atoms with E-state index in [9.17, 15) is 18.0 Å². The summed E-state index contributed by atoms with van der Waals surface area (Å²) in [6.07, 6.45) is 1.73. The molecule has 0 spiro atoms. The molecular formula is C23H28N2O5S2. The molecule has 3 rings (SSSR count). The predicted octanol–water partition coefficient (Wildman–Crippen LogP) is 2.99. The van der Waals surface area contributed by atoms with E-state index in [1.165, 1.54) is 21.3 Å². The third-order valence-corrected chi connectivity index (χ3v) is 8.12. The monoisotopic (exact) mass is 476 g/mol. The third-order valence-electron chi connectivity index (χ3n) is 5.10. The van der Waals surface area contributed by atoms with Crippen LogP contribution in [0.3, 0.4) is 0 Å². The molecule has 9 heteroatoms. The second-order valence-electron chi connectivity index (χ2n) is 7.56. The second-order valence-corrected chi connectivity index (χ2v) is 10.6. The van der Waals surface area contributed by atoms with Crippen molar-refractivity contribution in [2.45, 2.75) is 42.0 Å². The zero-order valence-corrected chi connectivity index (χ0v) is 19.7. The Balaban J connectivity index is 1.42. The highest BCUT2D eigenvalue weighted by Crippen LogP contribution is 2.27. The van der Waals surface area contributed by atoms with Gasteiger partial charge < -0.3 is 10.1 Å². The van der Waals surface area contributed by atoms with E-state index in [2.05, 4.69) is 5.32 Å². The van der Waals surface area contributed by atoms with Gasteiger partial charge in [-0.1, -0.05) is 35.9 Å². The van der Waals surface area contributed by atoms with Gasteiger partial charge in [-0.3, -0.25) is 9.59 Å². The molecule has 1 saturated heterocycles. The fraction of sp³-hybridized carbons (Fsp3) is 0.391. The lowest BCUT2D eigenvalue weighted by Crippen LogP contribution is -2.42. The Bertz CT molecular complexity index is 1010. The van der Waals surface area contributed by atoms with Gasteiger partial charge in [0.25, 0.3) is 5.91 Å². The van der Waals surface area contributed by atoms with Gasteiger partial charge in [0, 0.05) is 18.0 Å². The van der Waals surface area contributed by atoms with E-state index in [-0.39, 0.29) is 11.4 Å².